The number of carboxylic acids is 1. The number of amides is 1. The van der Waals surface area contributed by atoms with Gasteiger partial charge in [0.2, 0.25) is 0 Å². The van der Waals surface area contributed by atoms with E-state index in [1.165, 1.54) is 0 Å². The molecule has 1 saturated carbocycles. The van der Waals surface area contributed by atoms with E-state index >= 15 is 0 Å². The van der Waals surface area contributed by atoms with Gasteiger partial charge in [0, 0.05) is 6.04 Å². The number of hydrogen-bond acceptors (Lipinski definition) is 3. The number of carboxylic acid groups (broad SMARTS) is 1. The van der Waals surface area contributed by atoms with E-state index in [0.717, 1.165) is 31.0 Å². The second kappa shape index (κ2) is 5.71. The summed E-state index contributed by atoms with van der Waals surface area (Å²) in [6.07, 6.45) is 2.64. The molecule has 0 heterocycles. The molecule has 5 nitrogen and oxygen atoms in total. The van der Waals surface area contributed by atoms with Crippen molar-refractivity contribution >= 4 is 11.9 Å². The van der Waals surface area contributed by atoms with Gasteiger partial charge in [-0.15, -0.1) is 0 Å². The van der Waals surface area contributed by atoms with Crippen molar-refractivity contribution in [3.63, 3.8) is 0 Å². The number of aromatic hydroxyl groups is 1. The Morgan fingerprint density at radius 2 is 2.10 bits per heavy atom. The third-order valence-corrected chi connectivity index (χ3v) is 4.21. The Kier molecular flexibility index (Phi) is 4.16. The maximum absolute atomic E-state index is 13.2. The van der Waals surface area contributed by atoms with E-state index in [0.29, 0.717) is 12.8 Å². The monoisotopic (exact) mass is 295 g/mol. The van der Waals surface area contributed by atoms with Crippen LogP contribution < -0.4 is 5.32 Å². The number of carbonyl (C=O) groups is 2. The minimum absolute atomic E-state index is 0.187. The van der Waals surface area contributed by atoms with Crippen LogP contribution in [0.25, 0.3) is 0 Å². The highest BCUT2D eigenvalue weighted by molar-refractivity contribution is 5.97. The number of aliphatic carboxylic acids is 1. The first kappa shape index (κ1) is 15.3. The highest BCUT2D eigenvalue weighted by Crippen LogP contribution is 2.36. The van der Waals surface area contributed by atoms with Crippen LogP contribution >= 0.6 is 0 Å². The van der Waals surface area contributed by atoms with Crippen LogP contribution in [0.3, 0.4) is 0 Å². The number of benzene rings is 1. The predicted molar refractivity (Wildman–Crippen MR) is 73.5 cm³/mol. The topological polar surface area (TPSA) is 86.6 Å². The lowest BCUT2D eigenvalue weighted by Crippen LogP contribution is -2.52. The van der Waals surface area contributed by atoms with Crippen molar-refractivity contribution in [2.45, 2.75) is 38.6 Å². The Hall–Kier alpha value is -2.11. The SMILES string of the molecule is CC1(C(=O)O)CCCCC1NC(=O)c1cc(F)ccc1O. The van der Waals surface area contributed by atoms with E-state index in [1.807, 2.05) is 0 Å². The van der Waals surface area contributed by atoms with E-state index in [1.54, 1.807) is 6.92 Å². The summed E-state index contributed by atoms with van der Waals surface area (Å²) >= 11 is 0. The van der Waals surface area contributed by atoms with Crippen molar-refractivity contribution in [3.8, 4) is 5.75 Å². The molecule has 2 rings (SSSR count). The van der Waals surface area contributed by atoms with Gasteiger partial charge in [0.05, 0.1) is 11.0 Å². The van der Waals surface area contributed by atoms with Crippen LogP contribution in [0.4, 0.5) is 4.39 Å². The molecule has 0 spiro atoms. The zero-order valence-electron chi connectivity index (χ0n) is 11.7. The molecule has 6 heteroatoms. The number of halogens is 1. The highest BCUT2D eigenvalue weighted by atomic mass is 19.1. The Morgan fingerprint density at radius 3 is 2.76 bits per heavy atom. The molecule has 2 unspecified atom stereocenters. The van der Waals surface area contributed by atoms with Crippen LogP contribution in [0, 0.1) is 11.2 Å². The fraction of sp³-hybridized carbons (Fsp3) is 0.467. The molecule has 114 valence electrons. The Balaban J connectivity index is 2.21. The van der Waals surface area contributed by atoms with E-state index < -0.39 is 29.2 Å². The molecule has 0 aliphatic heterocycles. The molecule has 0 saturated heterocycles. The largest absolute Gasteiger partial charge is 0.507 e. The second-order valence-electron chi connectivity index (χ2n) is 5.66. The van der Waals surface area contributed by atoms with Gasteiger partial charge in [-0.1, -0.05) is 12.8 Å². The summed E-state index contributed by atoms with van der Waals surface area (Å²) in [5.74, 6) is -2.59. The molecule has 1 amide bonds. The lowest BCUT2D eigenvalue weighted by Gasteiger charge is -2.38. The molecule has 1 aromatic carbocycles. The summed E-state index contributed by atoms with van der Waals surface area (Å²) in [6, 6.07) is 2.54. The second-order valence-corrected chi connectivity index (χ2v) is 5.66. The van der Waals surface area contributed by atoms with Crippen LogP contribution in [0.15, 0.2) is 18.2 Å². The molecule has 3 N–H and O–H groups in total. The van der Waals surface area contributed by atoms with Gasteiger partial charge < -0.3 is 15.5 Å². The van der Waals surface area contributed by atoms with Gasteiger partial charge >= 0.3 is 5.97 Å². The molecule has 2 atom stereocenters. The third-order valence-electron chi connectivity index (χ3n) is 4.21. The predicted octanol–water partition coefficient (Wildman–Crippen LogP) is 2.29. The summed E-state index contributed by atoms with van der Waals surface area (Å²) in [5, 5.41) is 21.6. The van der Waals surface area contributed by atoms with Gasteiger partial charge in [-0.2, -0.15) is 0 Å². The maximum atomic E-state index is 13.2. The fourth-order valence-electron chi connectivity index (χ4n) is 2.75. The summed E-state index contributed by atoms with van der Waals surface area (Å²) in [5.41, 5.74) is -1.23. The Morgan fingerprint density at radius 1 is 1.38 bits per heavy atom. The van der Waals surface area contributed by atoms with Crippen LogP contribution in [0.5, 0.6) is 5.75 Å². The van der Waals surface area contributed by atoms with Crippen molar-refractivity contribution in [1.82, 2.24) is 5.32 Å². The number of rotatable bonds is 3. The van der Waals surface area contributed by atoms with Gasteiger partial charge in [-0.3, -0.25) is 9.59 Å². The van der Waals surface area contributed by atoms with E-state index in [-0.39, 0.29) is 11.3 Å². The average molecular weight is 295 g/mol. The van der Waals surface area contributed by atoms with Gasteiger partial charge in [-0.05, 0) is 38.0 Å². The minimum atomic E-state index is -1.04. The van der Waals surface area contributed by atoms with E-state index in [9.17, 15) is 24.2 Å². The molecule has 1 aliphatic carbocycles. The molecule has 0 bridgehead atoms. The lowest BCUT2D eigenvalue weighted by atomic mass is 9.71. The molecular weight excluding hydrogens is 277 g/mol. The molecule has 1 fully saturated rings. The molecule has 1 aliphatic rings. The number of nitrogens with one attached hydrogen (secondary N) is 1. The van der Waals surface area contributed by atoms with Gasteiger partial charge in [-0.25, -0.2) is 4.39 Å². The van der Waals surface area contributed by atoms with Crippen LogP contribution in [-0.4, -0.2) is 28.1 Å². The zero-order valence-corrected chi connectivity index (χ0v) is 11.7. The average Bonchev–Trinajstić information content (AvgIpc) is 2.43. The van der Waals surface area contributed by atoms with E-state index in [4.69, 9.17) is 0 Å². The molecule has 1 aromatic rings. The van der Waals surface area contributed by atoms with Crippen molar-refractivity contribution in [2.75, 3.05) is 0 Å². The van der Waals surface area contributed by atoms with Gasteiger partial charge in [0.15, 0.2) is 0 Å². The quantitative estimate of drug-likeness (QED) is 0.798. The summed E-state index contributed by atoms with van der Waals surface area (Å²) < 4.78 is 13.2. The normalized spacial score (nSPS) is 25.3. The molecule has 0 aromatic heterocycles. The number of phenolic OH excluding ortho intramolecular Hbond substituents is 1. The number of hydrogen-bond donors (Lipinski definition) is 3. The van der Waals surface area contributed by atoms with Crippen LogP contribution in [-0.2, 0) is 4.79 Å². The Bertz CT molecular complexity index is 575. The number of carbonyl (C=O) groups excluding carboxylic acids is 1. The minimum Gasteiger partial charge on any atom is -0.507 e. The molecular formula is C15H18FNO4. The van der Waals surface area contributed by atoms with Gasteiger partial charge in [0.1, 0.15) is 11.6 Å². The van der Waals surface area contributed by atoms with E-state index in [2.05, 4.69) is 5.32 Å². The first-order chi connectivity index (χ1) is 9.84. The van der Waals surface area contributed by atoms with Gasteiger partial charge in [0.25, 0.3) is 5.91 Å². The summed E-state index contributed by atoms with van der Waals surface area (Å²) in [4.78, 5) is 23.6. The highest BCUT2D eigenvalue weighted by Gasteiger charge is 2.44. The van der Waals surface area contributed by atoms with Crippen molar-refractivity contribution in [1.29, 1.82) is 0 Å². The van der Waals surface area contributed by atoms with Crippen molar-refractivity contribution < 1.29 is 24.2 Å². The lowest BCUT2D eigenvalue weighted by molar-refractivity contribution is -0.151. The first-order valence-corrected chi connectivity index (χ1v) is 6.87. The van der Waals surface area contributed by atoms with Crippen molar-refractivity contribution in [3.05, 3.63) is 29.6 Å². The summed E-state index contributed by atoms with van der Waals surface area (Å²) in [7, 11) is 0. The standard InChI is InChI=1S/C15H18FNO4/c1-15(14(20)21)7-3-2-4-12(15)17-13(19)10-8-9(16)5-6-11(10)18/h5-6,8,12,18H,2-4,7H2,1H3,(H,17,19)(H,20,21). The third kappa shape index (κ3) is 2.99. The van der Waals surface area contributed by atoms with Crippen LogP contribution in [0.2, 0.25) is 0 Å². The zero-order chi connectivity index (χ0) is 15.6. The molecule has 0 radical (unpaired) electrons. The maximum Gasteiger partial charge on any atom is 0.311 e. The van der Waals surface area contributed by atoms with Crippen LogP contribution in [0.1, 0.15) is 43.0 Å². The summed E-state index contributed by atoms with van der Waals surface area (Å²) in [6.45, 7) is 1.60. The molecule has 21 heavy (non-hydrogen) atoms. The Labute approximate surface area is 121 Å². The van der Waals surface area contributed by atoms with Crippen molar-refractivity contribution in [2.24, 2.45) is 5.41 Å². The smallest absolute Gasteiger partial charge is 0.311 e. The first-order valence-electron chi connectivity index (χ1n) is 6.87. The fourth-order valence-corrected chi connectivity index (χ4v) is 2.75. The number of phenols is 1.